The van der Waals surface area contributed by atoms with Gasteiger partial charge in [0.05, 0.1) is 12.5 Å². The molecule has 0 bridgehead atoms. The lowest BCUT2D eigenvalue weighted by Gasteiger charge is -2.23. The molecule has 2 atom stereocenters. The summed E-state index contributed by atoms with van der Waals surface area (Å²) in [6.45, 7) is 1.54. The summed E-state index contributed by atoms with van der Waals surface area (Å²) in [5.74, 6) is -0.328. The van der Waals surface area contributed by atoms with Gasteiger partial charge < -0.3 is 19.7 Å². The molecule has 1 saturated heterocycles. The van der Waals surface area contributed by atoms with Gasteiger partial charge >= 0.3 is 12.1 Å². The lowest BCUT2D eigenvalue weighted by Crippen LogP contribution is -2.44. The maximum atomic E-state index is 12.0. The molecule has 0 aliphatic carbocycles. The Morgan fingerprint density at radius 3 is 2.39 bits per heavy atom. The van der Waals surface area contributed by atoms with E-state index >= 15 is 0 Å². The molecule has 6 nitrogen and oxygen atoms in total. The molecule has 0 radical (unpaired) electrons. The summed E-state index contributed by atoms with van der Waals surface area (Å²) >= 11 is 0. The number of rotatable bonds is 9. The maximum absolute atomic E-state index is 12.0. The van der Waals surface area contributed by atoms with E-state index in [4.69, 9.17) is 9.47 Å². The highest BCUT2D eigenvalue weighted by molar-refractivity contribution is 5.73. The highest BCUT2D eigenvalue weighted by Crippen LogP contribution is 2.12. The van der Waals surface area contributed by atoms with Crippen LogP contribution in [0.1, 0.15) is 11.1 Å². The second-order valence-electron chi connectivity index (χ2n) is 7.04. The molecule has 1 amide bonds. The minimum absolute atomic E-state index is 0.0571. The largest absolute Gasteiger partial charge is 0.461 e. The van der Waals surface area contributed by atoms with Gasteiger partial charge in [0.25, 0.3) is 0 Å². The topological polar surface area (TPSA) is 67.9 Å². The molecule has 0 aromatic heterocycles. The van der Waals surface area contributed by atoms with Crippen LogP contribution in [0.2, 0.25) is 0 Å². The van der Waals surface area contributed by atoms with E-state index in [0.29, 0.717) is 6.54 Å². The van der Waals surface area contributed by atoms with Crippen molar-refractivity contribution in [3.05, 3.63) is 71.8 Å². The average Bonchev–Trinajstić information content (AvgIpc) is 3.05. The second-order valence-corrected chi connectivity index (χ2v) is 7.04. The van der Waals surface area contributed by atoms with Crippen molar-refractivity contribution < 1.29 is 19.1 Å². The highest BCUT2D eigenvalue weighted by Gasteiger charge is 2.35. The van der Waals surface area contributed by atoms with E-state index in [1.165, 1.54) is 5.56 Å². The summed E-state index contributed by atoms with van der Waals surface area (Å²) in [7, 11) is 2.01. The van der Waals surface area contributed by atoms with Crippen molar-refractivity contribution in [3.8, 4) is 0 Å². The van der Waals surface area contributed by atoms with Gasteiger partial charge in [-0.25, -0.2) is 4.79 Å². The summed E-state index contributed by atoms with van der Waals surface area (Å²) in [6, 6.07) is 19.5. The number of esters is 1. The highest BCUT2D eigenvalue weighted by atomic mass is 16.6. The Morgan fingerprint density at radius 1 is 1.07 bits per heavy atom. The number of ether oxygens (including phenoxy) is 2. The van der Waals surface area contributed by atoms with Crippen LogP contribution in [0, 0.1) is 0 Å². The monoisotopic (exact) mass is 382 g/mol. The van der Waals surface area contributed by atoms with Crippen LogP contribution in [0.4, 0.5) is 4.79 Å². The van der Waals surface area contributed by atoms with Gasteiger partial charge in [-0.15, -0.1) is 0 Å². The van der Waals surface area contributed by atoms with Gasteiger partial charge in [0.15, 0.2) is 6.10 Å². The lowest BCUT2D eigenvalue weighted by molar-refractivity contribution is -0.145. The fourth-order valence-corrected chi connectivity index (χ4v) is 3.19. The first-order valence-electron chi connectivity index (χ1n) is 9.49. The van der Waals surface area contributed by atoms with Crippen LogP contribution in [0.5, 0.6) is 0 Å². The average molecular weight is 382 g/mol. The molecule has 2 aromatic carbocycles. The van der Waals surface area contributed by atoms with Gasteiger partial charge in [-0.2, -0.15) is 0 Å². The second kappa shape index (κ2) is 9.90. The van der Waals surface area contributed by atoms with Crippen molar-refractivity contribution in [1.82, 2.24) is 10.2 Å². The fraction of sp³-hybridized carbons (Fsp3) is 0.364. The van der Waals surface area contributed by atoms with Crippen molar-refractivity contribution in [1.29, 1.82) is 0 Å². The minimum Gasteiger partial charge on any atom is -0.461 e. The van der Waals surface area contributed by atoms with E-state index in [-0.39, 0.29) is 25.0 Å². The van der Waals surface area contributed by atoms with Gasteiger partial charge in [0.1, 0.15) is 6.61 Å². The van der Waals surface area contributed by atoms with Crippen LogP contribution in [-0.4, -0.2) is 55.9 Å². The molecular weight excluding hydrogens is 356 g/mol. The van der Waals surface area contributed by atoms with E-state index < -0.39 is 12.2 Å². The maximum Gasteiger partial charge on any atom is 0.408 e. The number of alkyl carbamates (subject to hydrolysis) is 1. The SMILES string of the molecule is CN(CCc1ccccc1)C[C@H]1NC(=O)O[C@@H]1COC(=O)Cc1ccccc1. The normalized spacial score (nSPS) is 18.6. The van der Waals surface area contributed by atoms with Crippen molar-refractivity contribution >= 4 is 12.1 Å². The summed E-state index contributed by atoms with van der Waals surface area (Å²) in [6.07, 6.45) is 0.184. The first-order chi connectivity index (χ1) is 13.6. The van der Waals surface area contributed by atoms with Crippen LogP contribution in [0.15, 0.2) is 60.7 Å². The number of hydrogen-bond acceptors (Lipinski definition) is 5. The number of nitrogens with zero attached hydrogens (tertiary/aromatic N) is 1. The Labute approximate surface area is 165 Å². The van der Waals surface area contributed by atoms with Crippen molar-refractivity contribution in [3.63, 3.8) is 0 Å². The van der Waals surface area contributed by atoms with E-state index in [2.05, 4.69) is 22.3 Å². The number of carbonyl (C=O) groups excluding carboxylic acids is 2. The van der Waals surface area contributed by atoms with Crippen LogP contribution in [0.25, 0.3) is 0 Å². The third kappa shape index (κ3) is 6.09. The standard InChI is InChI=1S/C22H26N2O4/c1-24(13-12-17-8-4-2-5-9-17)15-19-20(28-22(26)23-19)16-27-21(25)14-18-10-6-3-7-11-18/h2-11,19-20H,12-16H2,1H3,(H,23,26)/t19-,20-/m1/s1. The Bertz CT molecular complexity index is 767. The third-order valence-corrected chi connectivity index (χ3v) is 4.74. The molecule has 2 aromatic rings. The quantitative estimate of drug-likeness (QED) is 0.675. The van der Waals surface area contributed by atoms with E-state index in [9.17, 15) is 9.59 Å². The number of benzene rings is 2. The Kier molecular flexibility index (Phi) is 7.03. The van der Waals surface area contributed by atoms with Gasteiger partial charge in [-0.05, 0) is 24.6 Å². The predicted octanol–water partition coefficient (Wildman–Crippen LogP) is 2.42. The number of cyclic esters (lactones) is 1. The molecule has 1 N–H and O–H groups in total. The van der Waals surface area contributed by atoms with Crippen molar-refractivity contribution in [2.45, 2.75) is 25.0 Å². The summed E-state index contributed by atoms with van der Waals surface area (Å²) < 4.78 is 10.6. The molecule has 1 fully saturated rings. The Balaban J connectivity index is 1.44. The molecule has 28 heavy (non-hydrogen) atoms. The number of amides is 1. The first-order valence-corrected chi connectivity index (χ1v) is 9.49. The molecule has 0 saturated carbocycles. The van der Waals surface area contributed by atoms with Crippen LogP contribution in [-0.2, 0) is 27.1 Å². The van der Waals surface area contributed by atoms with Crippen molar-refractivity contribution in [2.75, 3.05) is 26.7 Å². The molecule has 6 heteroatoms. The van der Waals surface area contributed by atoms with E-state index in [1.54, 1.807) is 0 Å². The fourth-order valence-electron chi connectivity index (χ4n) is 3.19. The van der Waals surface area contributed by atoms with E-state index in [0.717, 1.165) is 18.5 Å². The van der Waals surface area contributed by atoms with Gasteiger partial charge in [-0.1, -0.05) is 60.7 Å². The third-order valence-electron chi connectivity index (χ3n) is 4.74. The molecule has 3 rings (SSSR count). The molecule has 1 aliphatic rings. The van der Waals surface area contributed by atoms with Crippen LogP contribution in [0.3, 0.4) is 0 Å². The molecule has 148 valence electrons. The van der Waals surface area contributed by atoms with Gasteiger partial charge in [0.2, 0.25) is 0 Å². The lowest BCUT2D eigenvalue weighted by atomic mass is 10.1. The summed E-state index contributed by atoms with van der Waals surface area (Å²) in [4.78, 5) is 25.9. The summed E-state index contributed by atoms with van der Waals surface area (Å²) in [5.41, 5.74) is 2.17. The van der Waals surface area contributed by atoms with E-state index in [1.807, 2.05) is 55.6 Å². The minimum atomic E-state index is -0.480. The number of hydrogen-bond donors (Lipinski definition) is 1. The van der Waals surface area contributed by atoms with Gasteiger partial charge in [0, 0.05) is 13.1 Å². The zero-order chi connectivity index (χ0) is 19.8. The number of likely N-dealkylation sites (N-methyl/N-ethyl adjacent to an activating group) is 1. The number of carbonyl (C=O) groups is 2. The number of nitrogens with one attached hydrogen (secondary N) is 1. The van der Waals surface area contributed by atoms with Crippen LogP contribution >= 0.6 is 0 Å². The van der Waals surface area contributed by atoms with Gasteiger partial charge in [-0.3, -0.25) is 4.79 Å². The Hall–Kier alpha value is -2.86. The molecule has 0 unspecified atom stereocenters. The van der Waals surface area contributed by atoms with Crippen LogP contribution < -0.4 is 5.32 Å². The molecule has 1 aliphatic heterocycles. The zero-order valence-electron chi connectivity index (χ0n) is 16.0. The molecule has 1 heterocycles. The predicted molar refractivity (Wildman–Crippen MR) is 106 cm³/mol. The summed E-state index contributed by atoms with van der Waals surface area (Å²) in [5, 5.41) is 2.81. The Morgan fingerprint density at radius 2 is 1.71 bits per heavy atom. The first kappa shape index (κ1) is 19.9. The molecular formula is C22H26N2O4. The molecule has 0 spiro atoms. The van der Waals surface area contributed by atoms with Crippen molar-refractivity contribution in [2.24, 2.45) is 0 Å². The smallest absolute Gasteiger partial charge is 0.408 e. The zero-order valence-corrected chi connectivity index (χ0v) is 16.0.